The number of pyridine rings is 1. The van der Waals surface area contributed by atoms with Gasteiger partial charge < -0.3 is 15.6 Å². The fourth-order valence-electron chi connectivity index (χ4n) is 1.27. The van der Waals surface area contributed by atoms with Gasteiger partial charge in [0.15, 0.2) is 0 Å². The molecule has 0 bridgehead atoms. The van der Waals surface area contributed by atoms with Gasteiger partial charge in [-0.3, -0.25) is 9.78 Å². The minimum absolute atomic E-state index is 0.00824. The van der Waals surface area contributed by atoms with Crippen LogP contribution in [-0.4, -0.2) is 29.7 Å². The SMILES string of the molecule is COc1cncc(Br)c1C(CN)C(=O)O. The third-order valence-electron chi connectivity index (χ3n) is 2.00. The van der Waals surface area contributed by atoms with E-state index in [1.807, 2.05) is 0 Å². The maximum absolute atomic E-state index is 11.0. The smallest absolute Gasteiger partial charge is 0.312 e. The number of methoxy groups -OCH3 is 1. The quantitative estimate of drug-likeness (QED) is 0.855. The summed E-state index contributed by atoms with van der Waals surface area (Å²) in [5, 5.41) is 8.99. The number of aliphatic carboxylic acids is 1. The van der Waals surface area contributed by atoms with Gasteiger partial charge in [-0.2, -0.15) is 0 Å². The first-order valence-corrected chi connectivity index (χ1v) is 5.01. The molecule has 1 aromatic heterocycles. The van der Waals surface area contributed by atoms with Crippen LogP contribution in [0.1, 0.15) is 11.5 Å². The zero-order chi connectivity index (χ0) is 11.4. The van der Waals surface area contributed by atoms with E-state index < -0.39 is 11.9 Å². The number of ether oxygens (including phenoxy) is 1. The predicted octanol–water partition coefficient (Wildman–Crippen LogP) is 0.980. The molecule has 0 aliphatic rings. The lowest BCUT2D eigenvalue weighted by Gasteiger charge is -2.15. The molecule has 15 heavy (non-hydrogen) atoms. The highest BCUT2D eigenvalue weighted by atomic mass is 79.9. The molecule has 0 saturated carbocycles. The van der Waals surface area contributed by atoms with E-state index in [2.05, 4.69) is 20.9 Å². The highest BCUT2D eigenvalue weighted by Crippen LogP contribution is 2.32. The summed E-state index contributed by atoms with van der Waals surface area (Å²) in [6.45, 7) is 0.00824. The Labute approximate surface area is 95.4 Å². The highest BCUT2D eigenvalue weighted by molar-refractivity contribution is 9.10. The van der Waals surface area contributed by atoms with Gasteiger partial charge in [0.05, 0.1) is 19.2 Å². The molecular weight excluding hydrogens is 264 g/mol. The predicted molar refractivity (Wildman–Crippen MR) is 57.9 cm³/mol. The number of hydrogen-bond donors (Lipinski definition) is 2. The average molecular weight is 275 g/mol. The van der Waals surface area contributed by atoms with Gasteiger partial charge in [-0.25, -0.2) is 0 Å². The van der Waals surface area contributed by atoms with Crippen molar-refractivity contribution >= 4 is 21.9 Å². The van der Waals surface area contributed by atoms with Crippen LogP contribution >= 0.6 is 15.9 Å². The van der Waals surface area contributed by atoms with Crippen molar-refractivity contribution in [1.82, 2.24) is 4.98 Å². The van der Waals surface area contributed by atoms with Crippen LogP contribution in [-0.2, 0) is 4.79 Å². The second-order valence-electron chi connectivity index (χ2n) is 2.86. The summed E-state index contributed by atoms with van der Waals surface area (Å²) in [6.07, 6.45) is 2.98. The maximum Gasteiger partial charge on any atom is 0.312 e. The number of nitrogens with zero attached hydrogens (tertiary/aromatic N) is 1. The van der Waals surface area contributed by atoms with E-state index in [4.69, 9.17) is 15.6 Å². The minimum atomic E-state index is -0.984. The average Bonchev–Trinajstić information content (AvgIpc) is 2.21. The molecule has 1 unspecified atom stereocenters. The Hall–Kier alpha value is -1.14. The molecule has 5 nitrogen and oxygen atoms in total. The van der Waals surface area contributed by atoms with Crippen LogP contribution in [0.15, 0.2) is 16.9 Å². The summed E-state index contributed by atoms with van der Waals surface area (Å²) in [4.78, 5) is 14.9. The number of carbonyl (C=O) groups is 1. The van der Waals surface area contributed by atoms with Crippen LogP contribution in [0.4, 0.5) is 0 Å². The van der Waals surface area contributed by atoms with Crippen LogP contribution in [0.3, 0.4) is 0 Å². The van der Waals surface area contributed by atoms with Gasteiger partial charge in [-0.05, 0) is 15.9 Å². The topological polar surface area (TPSA) is 85.4 Å². The van der Waals surface area contributed by atoms with Gasteiger partial charge in [0.2, 0.25) is 0 Å². The van der Waals surface area contributed by atoms with Crippen molar-refractivity contribution in [1.29, 1.82) is 0 Å². The Morgan fingerprint density at radius 2 is 2.40 bits per heavy atom. The van der Waals surface area contributed by atoms with E-state index in [1.165, 1.54) is 19.5 Å². The molecule has 1 heterocycles. The van der Waals surface area contributed by atoms with E-state index in [-0.39, 0.29) is 6.54 Å². The Morgan fingerprint density at radius 1 is 1.73 bits per heavy atom. The third-order valence-corrected chi connectivity index (χ3v) is 2.64. The lowest BCUT2D eigenvalue weighted by Crippen LogP contribution is -2.22. The molecule has 82 valence electrons. The summed E-state index contributed by atoms with van der Waals surface area (Å²) in [7, 11) is 1.46. The first-order chi connectivity index (χ1) is 7.11. The van der Waals surface area contributed by atoms with Crippen LogP contribution in [0, 0.1) is 0 Å². The van der Waals surface area contributed by atoms with Gasteiger partial charge in [-0.1, -0.05) is 0 Å². The lowest BCUT2D eigenvalue weighted by molar-refractivity contribution is -0.138. The molecule has 0 amide bonds. The summed E-state index contributed by atoms with van der Waals surface area (Å²) in [5.41, 5.74) is 5.94. The number of aromatic nitrogens is 1. The van der Waals surface area contributed by atoms with Gasteiger partial charge in [-0.15, -0.1) is 0 Å². The molecule has 0 spiro atoms. The number of carboxylic acid groups (broad SMARTS) is 1. The Bertz CT molecular complexity index is 370. The third kappa shape index (κ3) is 2.45. The summed E-state index contributed by atoms with van der Waals surface area (Å²) in [5.74, 6) is -1.36. The van der Waals surface area contributed by atoms with Crippen LogP contribution in [0.25, 0.3) is 0 Å². The second kappa shape index (κ2) is 5.09. The lowest BCUT2D eigenvalue weighted by atomic mass is 10.00. The number of hydrogen-bond acceptors (Lipinski definition) is 4. The molecule has 0 aromatic carbocycles. The molecule has 0 saturated heterocycles. The Morgan fingerprint density at radius 3 is 2.87 bits per heavy atom. The fourth-order valence-corrected chi connectivity index (χ4v) is 1.86. The molecule has 0 aliphatic heterocycles. The molecular formula is C9H11BrN2O3. The molecule has 1 rings (SSSR count). The van der Waals surface area contributed by atoms with E-state index in [9.17, 15) is 4.79 Å². The first kappa shape index (κ1) is 11.9. The van der Waals surface area contributed by atoms with Crippen molar-refractivity contribution in [3.05, 3.63) is 22.4 Å². The fraction of sp³-hybridized carbons (Fsp3) is 0.333. The van der Waals surface area contributed by atoms with Crippen molar-refractivity contribution in [2.24, 2.45) is 5.73 Å². The normalized spacial score (nSPS) is 12.2. The summed E-state index contributed by atoms with van der Waals surface area (Å²) < 4.78 is 5.63. The zero-order valence-electron chi connectivity index (χ0n) is 8.11. The van der Waals surface area contributed by atoms with Gasteiger partial charge in [0.1, 0.15) is 5.75 Å². The second-order valence-corrected chi connectivity index (χ2v) is 3.72. The van der Waals surface area contributed by atoms with Crippen molar-refractivity contribution in [2.45, 2.75) is 5.92 Å². The molecule has 3 N–H and O–H groups in total. The molecule has 1 aromatic rings. The highest BCUT2D eigenvalue weighted by Gasteiger charge is 2.24. The van der Waals surface area contributed by atoms with Crippen molar-refractivity contribution in [3.63, 3.8) is 0 Å². The van der Waals surface area contributed by atoms with Crippen molar-refractivity contribution in [2.75, 3.05) is 13.7 Å². The Kier molecular flexibility index (Phi) is 4.05. The molecule has 1 atom stereocenters. The van der Waals surface area contributed by atoms with Crippen LogP contribution < -0.4 is 10.5 Å². The Balaban J connectivity index is 3.26. The van der Waals surface area contributed by atoms with E-state index in [0.717, 1.165) is 0 Å². The van der Waals surface area contributed by atoms with E-state index >= 15 is 0 Å². The van der Waals surface area contributed by atoms with Crippen molar-refractivity contribution in [3.8, 4) is 5.75 Å². The molecule has 0 radical (unpaired) electrons. The maximum atomic E-state index is 11.0. The monoisotopic (exact) mass is 274 g/mol. The van der Waals surface area contributed by atoms with Gasteiger partial charge >= 0.3 is 5.97 Å². The molecule has 0 aliphatic carbocycles. The van der Waals surface area contributed by atoms with Crippen LogP contribution in [0.5, 0.6) is 5.75 Å². The summed E-state index contributed by atoms with van der Waals surface area (Å²) >= 11 is 3.24. The van der Waals surface area contributed by atoms with Crippen molar-refractivity contribution < 1.29 is 14.6 Å². The number of halogens is 1. The minimum Gasteiger partial charge on any atom is -0.495 e. The number of nitrogens with two attached hydrogens (primary N) is 1. The van der Waals surface area contributed by atoms with E-state index in [1.54, 1.807) is 0 Å². The zero-order valence-corrected chi connectivity index (χ0v) is 9.69. The largest absolute Gasteiger partial charge is 0.495 e. The summed E-state index contributed by atoms with van der Waals surface area (Å²) in [6, 6.07) is 0. The number of carboxylic acids is 1. The van der Waals surface area contributed by atoms with E-state index in [0.29, 0.717) is 15.8 Å². The standard InChI is InChI=1S/C9H11BrN2O3/c1-15-7-4-12-3-6(10)8(7)5(2-11)9(13)14/h3-5H,2,11H2,1H3,(H,13,14). The van der Waals surface area contributed by atoms with Gasteiger partial charge in [0, 0.05) is 22.8 Å². The molecule has 0 fully saturated rings. The number of rotatable bonds is 4. The van der Waals surface area contributed by atoms with Crippen LogP contribution in [0.2, 0.25) is 0 Å². The van der Waals surface area contributed by atoms with Gasteiger partial charge in [0.25, 0.3) is 0 Å². The first-order valence-electron chi connectivity index (χ1n) is 4.22. The molecule has 6 heteroatoms.